The van der Waals surface area contributed by atoms with E-state index in [2.05, 4.69) is 4.84 Å². The lowest BCUT2D eigenvalue weighted by atomic mass is 10.2. The van der Waals surface area contributed by atoms with Gasteiger partial charge in [-0.1, -0.05) is 20.8 Å². The number of nitrogens with zero attached hydrogens (tertiary/aromatic N) is 1. The summed E-state index contributed by atoms with van der Waals surface area (Å²) >= 11 is 1.43. The average molecular weight is 353 g/mol. The van der Waals surface area contributed by atoms with Crippen molar-refractivity contribution in [1.29, 1.82) is 0 Å². The number of carbonyl (C=O) groups excluding carboxylic acids is 3. The zero-order valence-corrected chi connectivity index (χ0v) is 14.1. The number of thioether (sulfide) groups is 1. The van der Waals surface area contributed by atoms with Crippen LogP contribution in [-0.4, -0.2) is 51.6 Å². The summed E-state index contributed by atoms with van der Waals surface area (Å²) in [6.07, 6.45) is -0.374. The molecule has 10 heteroatoms. The van der Waals surface area contributed by atoms with Crippen LogP contribution < -0.4 is 0 Å². The summed E-state index contributed by atoms with van der Waals surface area (Å²) in [6.45, 7) is 5.52. The minimum absolute atomic E-state index is 0.0950. The molecule has 1 fully saturated rings. The normalized spacial score (nSPS) is 18.7. The molecular formula is C12H19NO7S2. The van der Waals surface area contributed by atoms with Crippen molar-refractivity contribution in [2.45, 2.75) is 55.8 Å². The van der Waals surface area contributed by atoms with E-state index in [-0.39, 0.29) is 34.8 Å². The summed E-state index contributed by atoms with van der Waals surface area (Å²) in [6, 6.07) is 0. The standard InChI is InChI=1S/C12H19NO7S2/c1-7(2)21-8(3)6-9(22(17,18)19)12(16)20-13-10(14)4-5-11(13)15/h7-9H,4-6H2,1-3H3,(H,17,18,19). The van der Waals surface area contributed by atoms with Crippen molar-refractivity contribution >= 4 is 39.7 Å². The zero-order valence-electron chi connectivity index (χ0n) is 12.5. The largest absolute Gasteiger partial charge is 0.353 e. The molecule has 1 aliphatic rings. The number of rotatable bonds is 7. The first-order chi connectivity index (χ1) is 10.0. The van der Waals surface area contributed by atoms with E-state index in [9.17, 15) is 27.4 Å². The number of imide groups is 1. The van der Waals surface area contributed by atoms with E-state index in [0.717, 1.165) is 0 Å². The SMILES string of the molecule is CC(C)SC(C)CC(C(=O)ON1C(=O)CCC1=O)S(=O)(=O)O. The molecule has 1 N–H and O–H groups in total. The maximum Gasteiger partial charge on any atom is 0.353 e. The Morgan fingerprint density at radius 2 is 1.77 bits per heavy atom. The van der Waals surface area contributed by atoms with Crippen molar-refractivity contribution < 1.29 is 32.2 Å². The van der Waals surface area contributed by atoms with Crippen LogP contribution >= 0.6 is 11.8 Å². The molecule has 0 aromatic rings. The van der Waals surface area contributed by atoms with Crippen molar-refractivity contribution in [1.82, 2.24) is 5.06 Å². The van der Waals surface area contributed by atoms with Gasteiger partial charge in [-0.25, -0.2) is 4.79 Å². The van der Waals surface area contributed by atoms with Crippen LogP contribution in [-0.2, 0) is 29.3 Å². The highest BCUT2D eigenvalue weighted by molar-refractivity contribution is 8.00. The lowest BCUT2D eigenvalue weighted by molar-refractivity contribution is -0.197. The van der Waals surface area contributed by atoms with Gasteiger partial charge >= 0.3 is 5.97 Å². The lowest BCUT2D eigenvalue weighted by Gasteiger charge is -2.20. The Morgan fingerprint density at radius 3 is 2.18 bits per heavy atom. The molecule has 0 radical (unpaired) electrons. The molecule has 1 rings (SSSR count). The van der Waals surface area contributed by atoms with Crippen LogP contribution in [0.25, 0.3) is 0 Å². The van der Waals surface area contributed by atoms with Crippen LogP contribution in [0.5, 0.6) is 0 Å². The molecule has 0 aromatic carbocycles. The molecule has 2 amide bonds. The first-order valence-electron chi connectivity index (χ1n) is 6.71. The van der Waals surface area contributed by atoms with Gasteiger partial charge in [-0.15, -0.1) is 5.06 Å². The molecule has 1 heterocycles. The molecule has 2 unspecified atom stereocenters. The van der Waals surface area contributed by atoms with Crippen LogP contribution in [0.1, 0.15) is 40.0 Å². The third-order valence-electron chi connectivity index (χ3n) is 2.86. The molecule has 22 heavy (non-hydrogen) atoms. The van der Waals surface area contributed by atoms with Crippen molar-refractivity contribution in [3.05, 3.63) is 0 Å². The fraction of sp³-hybridized carbons (Fsp3) is 0.750. The third-order valence-corrected chi connectivity index (χ3v) is 5.17. The third kappa shape index (κ3) is 5.25. The molecule has 1 aliphatic heterocycles. The van der Waals surface area contributed by atoms with Gasteiger partial charge < -0.3 is 4.84 Å². The second kappa shape index (κ2) is 7.42. The predicted molar refractivity (Wildman–Crippen MR) is 79.3 cm³/mol. The number of hydroxylamine groups is 2. The van der Waals surface area contributed by atoms with Crippen LogP contribution in [0.4, 0.5) is 0 Å². The van der Waals surface area contributed by atoms with Crippen LogP contribution in [0, 0.1) is 0 Å². The van der Waals surface area contributed by atoms with E-state index < -0.39 is 33.2 Å². The molecule has 2 atom stereocenters. The maximum absolute atomic E-state index is 11.9. The van der Waals surface area contributed by atoms with Gasteiger partial charge in [0.1, 0.15) is 0 Å². The van der Waals surface area contributed by atoms with Gasteiger partial charge in [-0.05, 0) is 11.7 Å². The van der Waals surface area contributed by atoms with Crippen LogP contribution in [0.3, 0.4) is 0 Å². The van der Waals surface area contributed by atoms with Gasteiger partial charge in [0.2, 0.25) is 0 Å². The topological polar surface area (TPSA) is 118 Å². The van der Waals surface area contributed by atoms with Gasteiger partial charge in [-0.2, -0.15) is 20.2 Å². The monoisotopic (exact) mass is 353 g/mol. The first kappa shape index (κ1) is 18.9. The predicted octanol–water partition coefficient (Wildman–Crippen LogP) is 0.770. The van der Waals surface area contributed by atoms with Crippen molar-refractivity contribution in [2.75, 3.05) is 0 Å². The van der Waals surface area contributed by atoms with Gasteiger partial charge in [-0.3, -0.25) is 14.1 Å². The summed E-state index contributed by atoms with van der Waals surface area (Å²) in [5.74, 6) is -2.75. The Labute approximate surface area is 133 Å². The van der Waals surface area contributed by atoms with E-state index in [1.54, 1.807) is 6.92 Å². The summed E-state index contributed by atoms with van der Waals surface area (Å²) in [5, 5.41) is -1.62. The highest BCUT2D eigenvalue weighted by Crippen LogP contribution is 2.24. The average Bonchev–Trinajstić information content (AvgIpc) is 2.65. The lowest BCUT2D eigenvalue weighted by Crippen LogP contribution is -2.40. The maximum atomic E-state index is 11.9. The Bertz CT molecular complexity index is 542. The molecule has 8 nitrogen and oxygen atoms in total. The Balaban J connectivity index is 2.82. The summed E-state index contributed by atoms with van der Waals surface area (Å²) in [7, 11) is -4.71. The summed E-state index contributed by atoms with van der Waals surface area (Å²) in [4.78, 5) is 39.3. The van der Waals surface area contributed by atoms with Crippen molar-refractivity contribution in [3.8, 4) is 0 Å². The van der Waals surface area contributed by atoms with Gasteiger partial charge in [0.25, 0.3) is 21.9 Å². The summed E-state index contributed by atoms with van der Waals surface area (Å²) < 4.78 is 32.0. The molecule has 126 valence electrons. The molecular weight excluding hydrogens is 334 g/mol. The van der Waals surface area contributed by atoms with E-state index >= 15 is 0 Å². The van der Waals surface area contributed by atoms with Crippen molar-refractivity contribution in [2.24, 2.45) is 0 Å². The number of carbonyl (C=O) groups is 3. The van der Waals surface area contributed by atoms with E-state index in [1.807, 2.05) is 13.8 Å². The van der Waals surface area contributed by atoms with E-state index in [4.69, 9.17) is 0 Å². The second-order valence-corrected chi connectivity index (χ2v) is 8.85. The van der Waals surface area contributed by atoms with E-state index in [0.29, 0.717) is 0 Å². The Kier molecular flexibility index (Phi) is 6.38. The number of amides is 2. The second-order valence-electron chi connectivity index (χ2n) is 5.23. The van der Waals surface area contributed by atoms with Gasteiger partial charge in [0.05, 0.1) is 0 Å². The highest BCUT2D eigenvalue weighted by Gasteiger charge is 2.40. The molecule has 0 saturated carbocycles. The molecule has 0 aromatic heterocycles. The van der Waals surface area contributed by atoms with Crippen molar-refractivity contribution in [3.63, 3.8) is 0 Å². The minimum atomic E-state index is -4.71. The van der Waals surface area contributed by atoms with Gasteiger partial charge in [0, 0.05) is 18.1 Å². The molecule has 0 spiro atoms. The first-order valence-corrected chi connectivity index (χ1v) is 9.16. The number of hydrogen-bond donors (Lipinski definition) is 1. The Hall–Kier alpha value is -1.13. The number of hydrogen-bond acceptors (Lipinski definition) is 7. The smallest absolute Gasteiger partial charge is 0.329 e. The fourth-order valence-electron chi connectivity index (χ4n) is 1.97. The quantitative estimate of drug-likeness (QED) is 0.527. The van der Waals surface area contributed by atoms with Crippen LogP contribution in [0.2, 0.25) is 0 Å². The van der Waals surface area contributed by atoms with E-state index in [1.165, 1.54) is 11.8 Å². The van der Waals surface area contributed by atoms with Gasteiger partial charge in [0.15, 0.2) is 5.25 Å². The fourth-order valence-corrected chi connectivity index (χ4v) is 4.14. The summed E-state index contributed by atoms with van der Waals surface area (Å²) in [5.41, 5.74) is 0. The minimum Gasteiger partial charge on any atom is -0.329 e. The zero-order chi connectivity index (χ0) is 17.1. The molecule has 0 bridgehead atoms. The highest BCUT2D eigenvalue weighted by atomic mass is 32.2. The van der Waals surface area contributed by atoms with Crippen LogP contribution in [0.15, 0.2) is 0 Å². The Morgan fingerprint density at radius 1 is 1.27 bits per heavy atom. The molecule has 1 saturated heterocycles. The molecule has 0 aliphatic carbocycles.